The van der Waals surface area contributed by atoms with Crippen molar-refractivity contribution in [2.45, 2.75) is 19.1 Å². The van der Waals surface area contributed by atoms with Crippen molar-refractivity contribution in [3.63, 3.8) is 0 Å². The normalized spacial score (nSPS) is 12.5. The monoisotopic (exact) mass is 376 g/mol. The van der Waals surface area contributed by atoms with Crippen LogP contribution in [0.1, 0.15) is 0 Å². The minimum atomic E-state index is -4.82. The van der Waals surface area contributed by atoms with Crippen LogP contribution in [0.25, 0.3) is 22.2 Å². The molecule has 0 atom stereocenters. The Morgan fingerprint density at radius 2 is 1.54 bits per heavy atom. The number of fused-ring (bicyclic) bond motifs is 1. The Kier molecular flexibility index (Phi) is 4.21. The summed E-state index contributed by atoms with van der Waals surface area (Å²) in [6.45, 7) is -1.45. The van der Waals surface area contributed by atoms with Crippen LogP contribution in [0.15, 0.2) is 47.3 Å². The Hall–Kier alpha value is -2.91. The van der Waals surface area contributed by atoms with Gasteiger partial charge in [-0.25, -0.2) is 4.79 Å². The van der Waals surface area contributed by atoms with Gasteiger partial charge in [0.05, 0.1) is 11.0 Å². The molecule has 0 saturated carbocycles. The highest BCUT2D eigenvalue weighted by Crippen LogP contribution is 2.28. The number of nitrogens with one attached hydrogen (secondary N) is 1. The van der Waals surface area contributed by atoms with E-state index in [1.807, 2.05) is 0 Å². The van der Waals surface area contributed by atoms with Gasteiger partial charge in [0.1, 0.15) is 12.3 Å². The molecule has 0 amide bonds. The van der Waals surface area contributed by atoms with Crippen molar-refractivity contribution < 1.29 is 31.1 Å². The first-order valence-electron chi connectivity index (χ1n) is 7.17. The van der Waals surface area contributed by atoms with Crippen LogP contribution in [-0.2, 0) is 6.54 Å². The number of imidazole rings is 1. The van der Waals surface area contributed by atoms with Crippen molar-refractivity contribution in [1.29, 1.82) is 0 Å². The summed E-state index contributed by atoms with van der Waals surface area (Å²) in [6, 6.07) is 9.18. The number of benzene rings is 2. The van der Waals surface area contributed by atoms with Crippen molar-refractivity contribution in [1.82, 2.24) is 9.55 Å². The van der Waals surface area contributed by atoms with Crippen molar-refractivity contribution in [2.24, 2.45) is 0 Å². The number of hydrogen-bond donors (Lipinski definition) is 1. The lowest BCUT2D eigenvalue weighted by atomic mass is 10.0. The lowest BCUT2D eigenvalue weighted by Crippen LogP contribution is -2.26. The van der Waals surface area contributed by atoms with E-state index in [1.165, 1.54) is 30.3 Å². The van der Waals surface area contributed by atoms with Gasteiger partial charge in [-0.1, -0.05) is 18.2 Å². The number of rotatable bonds is 3. The summed E-state index contributed by atoms with van der Waals surface area (Å²) in [6.07, 6.45) is -9.40. The third-order valence-corrected chi connectivity index (χ3v) is 3.53. The number of ether oxygens (including phenoxy) is 1. The quantitative estimate of drug-likeness (QED) is 0.687. The summed E-state index contributed by atoms with van der Waals surface area (Å²) in [7, 11) is 0. The van der Waals surface area contributed by atoms with Crippen LogP contribution in [0.2, 0.25) is 0 Å². The SMILES string of the molecule is O=c1[nH]c2ccc(-c3ccc(OC(F)(F)F)cc3)cc2n1CC(F)(F)F. The number of hydrogen-bond acceptors (Lipinski definition) is 2. The van der Waals surface area contributed by atoms with Gasteiger partial charge in [-0.05, 0) is 35.4 Å². The Labute approximate surface area is 141 Å². The summed E-state index contributed by atoms with van der Waals surface area (Å²) in [5.74, 6) is -0.419. The molecule has 0 aliphatic rings. The molecule has 1 heterocycles. The average Bonchev–Trinajstić information content (AvgIpc) is 2.80. The second kappa shape index (κ2) is 6.11. The molecule has 2 aromatic carbocycles. The highest BCUT2D eigenvalue weighted by atomic mass is 19.4. The van der Waals surface area contributed by atoms with Crippen LogP contribution in [0, 0.1) is 0 Å². The van der Waals surface area contributed by atoms with Gasteiger partial charge in [0.2, 0.25) is 0 Å². The topological polar surface area (TPSA) is 47.0 Å². The third-order valence-electron chi connectivity index (χ3n) is 3.53. The zero-order valence-electron chi connectivity index (χ0n) is 12.8. The van der Waals surface area contributed by atoms with Gasteiger partial charge in [-0.3, -0.25) is 4.57 Å². The lowest BCUT2D eigenvalue weighted by molar-refractivity contribution is -0.274. The highest BCUT2D eigenvalue weighted by molar-refractivity contribution is 5.82. The number of H-pyrrole nitrogens is 1. The Morgan fingerprint density at radius 3 is 2.12 bits per heavy atom. The molecule has 26 heavy (non-hydrogen) atoms. The smallest absolute Gasteiger partial charge is 0.406 e. The van der Waals surface area contributed by atoms with Crippen molar-refractivity contribution in [3.8, 4) is 16.9 Å². The summed E-state index contributed by atoms with van der Waals surface area (Å²) in [5.41, 5.74) is 0.253. The van der Waals surface area contributed by atoms with E-state index >= 15 is 0 Å². The zero-order chi connectivity index (χ0) is 19.1. The van der Waals surface area contributed by atoms with Crippen LogP contribution >= 0.6 is 0 Å². The third kappa shape index (κ3) is 4.01. The number of aromatic nitrogens is 2. The van der Waals surface area contributed by atoms with Crippen LogP contribution in [0.3, 0.4) is 0 Å². The molecule has 3 rings (SSSR count). The first-order valence-corrected chi connectivity index (χ1v) is 7.17. The first kappa shape index (κ1) is 17.9. The summed E-state index contributed by atoms with van der Waals surface area (Å²) in [4.78, 5) is 14.1. The fourth-order valence-corrected chi connectivity index (χ4v) is 2.52. The van der Waals surface area contributed by atoms with E-state index < -0.39 is 30.5 Å². The molecule has 0 spiro atoms. The molecule has 0 aliphatic carbocycles. The minimum absolute atomic E-state index is 0.0421. The van der Waals surface area contributed by atoms with Crippen LogP contribution < -0.4 is 10.4 Å². The second-order valence-electron chi connectivity index (χ2n) is 5.44. The van der Waals surface area contributed by atoms with E-state index in [9.17, 15) is 31.1 Å². The van der Waals surface area contributed by atoms with Gasteiger partial charge in [-0.2, -0.15) is 13.2 Å². The fraction of sp³-hybridized carbons (Fsp3) is 0.188. The van der Waals surface area contributed by atoms with Crippen LogP contribution in [0.5, 0.6) is 5.75 Å². The molecule has 1 aromatic heterocycles. The van der Waals surface area contributed by atoms with Crippen LogP contribution in [-0.4, -0.2) is 22.1 Å². The Morgan fingerprint density at radius 1 is 0.923 bits per heavy atom. The van der Waals surface area contributed by atoms with E-state index in [2.05, 4.69) is 9.72 Å². The van der Waals surface area contributed by atoms with E-state index in [4.69, 9.17) is 0 Å². The fourth-order valence-electron chi connectivity index (χ4n) is 2.52. The first-order chi connectivity index (χ1) is 12.0. The molecule has 3 aromatic rings. The van der Waals surface area contributed by atoms with Crippen LogP contribution in [0.4, 0.5) is 26.3 Å². The van der Waals surface area contributed by atoms with E-state index in [0.29, 0.717) is 15.7 Å². The summed E-state index contributed by atoms with van der Waals surface area (Å²) < 4.78 is 78.8. The van der Waals surface area contributed by atoms with E-state index in [1.54, 1.807) is 0 Å². The number of nitrogens with zero attached hydrogens (tertiary/aromatic N) is 1. The standard InChI is InChI=1S/C16H10F6N2O2/c17-15(18,19)8-24-13-7-10(3-6-12(13)23-14(24)25)9-1-4-11(5-2-9)26-16(20,21)22/h1-7H,8H2,(H,23,25). The molecular formula is C16H10F6N2O2. The maximum absolute atomic E-state index is 12.7. The minimum Gasteiger partial charge on any atom is -0.406 e. The Balaban J connectivity index is 1.98. The molecule has 1 N–H and O–H groups in total. The molecule has 0 saturated heterocycles. The molecule has 138 valence electrons. The number of aromatic amines is 1. The average molecular weight is 376 g/mol. The predicted molar refractivity (Wildman–Crippen MR) is 80.7 cm³/mol. The molecular weight excluding hydrogens is 366 g/mol. The van der Waals surface area contributed by atoms with Gasteiger partial charge in [0, 0.05) is 0 Å². The van der Waals surface area contributed by atoms with Crippen molar-refractivity contribution in [2.75, 3.05) is 0 Å². The largest absolute Gasteiger partial charge is 0.573 e. The molecule has 0 radical (unpaired) electrons. The van der Waals surface area contributed by atoms with E-state index in [0.717, 1.165) is 12.1 Å². The highest BCUT2D eigenvalue weighted by Gasteiger charge is 2.31. The maximum Gasteiger partial charge on any atom is 0.573 e. The van der Waals surface area contributed by atoms with Gasteiger partial charge >= 0.3 is 18.2 Å². The summed E-state index contributed by atoms with van der Waals surface area (Å²) in [5, 5.41) is 0. The second-order valence-corrected chi connectivity index (χ2v) is 5.44. The number of alkyl halides is 6. The molecule has 0 aliphatic heterocycles. The van der Waals surface area contributed by atoms with Gasteiger partial charge in [0.25, 0.3) is 0 Å². The molecule has 0 fully saturated rings. The van der Waals surface area contributed by atoms with Crippen molar-refractivity contribution >= 4 is 11.0 Å². The molecule has 0 unspecified atom stereocenters. The maximum atomic E-state index is 12.7. The molecule has 10 heteroatoms. The zero-order valence-corrected chi connectivity index (χ0v) is 12.8. The predicted octanol–water partition coefficient (Wildman–Crippen LogP) is 4.46. The van der Waals surface area contributed by atoms with Crippen molar-refractivity contribution in [3.05, 3.63) is 52.9 Å². The van der Waals surface area contributed by atoms with Gasteiger partial charge in [0.15, 0.2) is 0 Å². The number of halogens is 6. The lowest BCUT2D eigenvalue weighted by Gasteiger charge is -2.10. The Bertz CT molecular complexity index is 983. The summed E-state index contributed by atoms with van der Waals surface area (Å²) >= 11 is 0. The van der Waals surface area contributed by atoms with Gasteiger partial charge in [-0.15, -0.1) is 13.2 Å². The van der Waals surface area contributed by atoms with E-state index in [-0.39, 0.29) is 11.0 Å². The molecule has 4 nitrogen and oxygen atoms in total. The molecule has 0 bridgehead atoms. The van der Waals surface area contributed by atoms with Gasteiger partial charge < -0.3 is 9.72 Å².